The fourth-order valence-corrected chi connectivity index (χ4v) is 2.67. The number of anilines is 1. The molecule has 2 aromatic rings. The van der Waals surface area contributed by atoms with Crippen LogP contribution in [0.2, 0.25) is 0 Å². The molecule has 0 spiro atoms. The Labute approximate surface area is 113 Å². The van der Waals surface area contributed by atoms with E-state index in [0.717, 1.165) is 11.3 Å². The van der Waals surface area contributed by atoms with E-state index in [2.05, 4.69) is 26.1 Å². The number of hydrogen-bond donors (Lipinski definition) is 1. The number of amides is 1. The number of rotatable bonds is 2. The van der Waals surface area contributed by atoms with Crippen LogP contribution in [-0.2, 0) is 4.79 Å². The number of carbonyl (C=O) groups is 1. The largest absolute Gasteiger partial charge is 0.294 e. The summed E-state index contributed by atoms with van der Waals surface area (Å²) in [5.74, 6) is 0.809. The summed E-state index contributed by atoms with van der Waals surface area (Å²) in [6.07, 6.45) is 0.535. The third-order valence-corrected chi connectivity index (χ3v) is 3.62. The van der Waals surface area contributed by atoms with Crippen molar-refractivity contribution >= 4 is 27.7 Å². The molecule has 4 nitrogen and oxygen atoms in total. The average molecular weight is 306 g/mol. The highest BCUT2D eigenvalue weighted by Gasteiger charge is 2.30. The highest BCUT2D eigenvalue weighted by Crippen LogP contribution is 2.26. The summed E-state index contributed by atoms with van der Waals surface area (Å²) < 4.78 is 0. The summed E-state index contributed by atoms with van der Waals surface area (Å²) in [5, 5.41) is 7.19. The number of aromatic nitrogens is 2. The number of H-pyrrole nitrogens is 1. The molecule has 0 radical (unpaired) electrons. The van der Waals surface area contributed by atoms with Crippen LogP contribution in [-0.4, -0.2) is 27.5 Å². The fraction of sp³-hybridized carbons (Fsp3) is 0.231. The summed E-state index contributed by atoms with van der Waals surface area (Å²) in [6, 6.07) is 11.9. The van der Waals surface area contributed by atoms with Crippen LogP contribution in [0.15, 0.2) is 36.4 Å². The fourth-order valence-electron chi connectivity index (χ4n) is 2.10. The second kappa shape index (κ2) is 4.57. The summed E-state index contributed by atoms with van der Waals surface area (Å²) >= 11 is 3.47. The van der Waals surface area contributed by atoms with Gasteiger partial charge in [0, 0.05) is 23.9 Å². The van der Waals surface area contributed by atoms with Crippen molar-refractivity contribution in [2.75, 3.05) is 11.4 Å². The van der Waals surface area contributed by atoms with Crippen molar-refractivity contribution < 1.29 is 4.79 Å². The molecule has 1 unspecified atom stereocenters. The zero-order valence-electron chi connectivity index (χ0n) is 9.64. The lowest BCUT2D eigenvalue weighted by atomic mass is 10.1. The van der Waals surface area contributed by atoms with Crippen molar-refractivity contribution in [3.05, 3.63) is 36.4 Å². The second-order valence-electron chi connectivity index (χ2n) is 4.31. The van der Waals surface area contributed by atoms with E-state index in [0.29, 0.717) is 18.8 Å². The van der Waals surface area contributed by atoms with E-state index in [9.17, 15) is 4.79 Å². The number of benzene rings is 1. The summed E-state index contributed by atoms with van der Waals surface area (Å²) in [4.78, 5) is 13.7. The molecule has 1 atom stereocenters. The number of alkyl halides is 1. The smallest absolute Gasteiger partial charge is 0.229 e. The lowest BCUT2D eigenvalue weighted by molar-refractivity contribution is -0.117. The normalized spacial score (nSPS) is 19.5. The van der Waals surface area contributed by atoms with Crippen LogP contribution < -0.4 is 4.90 Å². The molecule has 92 valence electrons. The molecule has 0 saturated carbocycles. The zero-order chi connectivity index (χ0) is 12.5. The molecule has 0 aliphatic carbocycles. The van der Waals surface area contributed by atoms with E-state index in [1.54, 1.807) is 4.90 Å². The Kier molecular flexibility index (Phi) is 2.91. The van der Waals surface area contributed by atoms with Crippen molar-refractivity contribution in [3.8, 4) is 11.3 Å². The number of nitrogens with zero attached hydrogens (tertiary/aromatic N) is 2. The Morgan fingerprint density at radius 2 is 2.11 bits per heavy atom. The first-order valence-corrected chi connectivity index (χ1v) is 6.71. The predicted molar refractivity (Wildman–Crippen MR) is 73.7 cm³/mol. The Morgan fingerprint density at radius 1 is 1.33 bits per heavy atom. The van der Waals surface area contributed by atoms with Crippen molar-refractivity contribution in [1.82, 2.24) is 10.2 Å². The Morgan fingerprint density at radius 3 is 2.78 bits per heavy atom. The maximum absolute atomic E-state index is 11.8. The molecular weight excluding hydrogens is 294 g/mol. The van der Waals surface area contributed by atoms with Gasteiger partial charge in [-0.25, -0.2) is 0 Å². The van der Waals surface area contributed by atoms with Crippen molar-refractivity contribution in [3.63, 3.8) is 0 Å². The summed E-state index contributed by atoms with van der Waals surface area (Å²) in [5.41, 5.74) is 2.00. The minimum Gasteiger partial charge on any atom is -0.294 e. The van der Waals surface area contributed by atoms with E-state index >= 15 is 0 Å². The number of hydrogen-bond acceptors (Lipinski definition) is 2. The van der Waals surface area contributed by atoms with Gasteiger partial charge in [-0.1, -0.05) is 46.3 Å². The molecular formula is C13H12BrN3O. The first-order valence-electron chi connectivity index (χ1n) is 5.79. The van der Waals surface area contributed by atoms with E-state index in [4.69, 9.17) is 0 Å². The number of carbonyl (C=O) groups excluding carboxylic acids is 1. The van der Waals surface area contributed by atoms with E-state index < -0.39 is 0 Å². The van der Waals surface area contributed by atoms with Crippen LogP contribution in [0.1, 0.15) is 6.42 Å². The summed E-state index contributed by atoms with van der Waals surface area (Å²) in [6.45, 7) is 0.678. The standard InChI is InChI=1S/C13H12BrN3O/c14-10-6-13(18)17(8-10)12-7-11(15-16-12)9-4-2-1-3-5-9/h1-5,7,10H,6,8H2,(H,15,16). The Hall–Kier alpha value is -1.62. The van der Waals surface area contributed by atoms with Gasteiger partial charge in [0.25, 0.3) is 0 Å². The molecule has 5 heteroatoms. The Bertz CT molecular complexity index is 567. The third-order valence-electron chi connectivity index (χ3n) is 3.00. The number of nitrogens with one attached hydrogen (secondary N) is 1. The van der Waals surface area contributed by atoms with Crippen molar-refractivity contribution in [2.45, 2.75) is 11.2 Å². The maximum atomic E-state index is 11.8. The summed E-state index contributed by atoms with van der Waals surface area (Å²) in [7, 11) is 0. The average Bonchev–Trinajstić information content (AvgIpc) is 2.97. The number of aromatic amines is 1. The van der Waals surface area contributed by atoms with Gasteiger partial charge in [0.05, 0.1) is 5.69 Å². The maximum Gasteiger partial charge on any atom is 0.229 e. The molecule has 1 N–H and O–H groups in total. The van der Waals surface area contributed by atoms with Gasteiger partial charge in [0.1, 0.15) is 0 Å². The molecule has 1 aliphatic rings. The van der Waals surface area contributed by atoms with E-state index in [1.807, 2.05) is 36.4 Å². The molecule has 1 saturated heterocycles. The molecule has 3 rings (SSSR count). The molecule has 18 heavy (non-hydrogen) atoms. The van der Waals surface area contributed by atoms with Crippen LogP contribution in [0.4, 0.5) is 5.82 Å². The molecule has 1 aromatic carbocycles. The van der Waals surface area contributed by atoms with Gasteiger partial charge in [-0.3, -0.25) is 14.8 Å². The molecule has 1 aliphatic heterocycles. The van der Waals surface area contributed by atoms with Gasteiger partial charge < -0.3 is 0 Å². The van der Waals surface area contributed by atoms with Crippen LogP contribution in [0, 0.1) is 0 Å². The van der Waals surface area contributed by atoms with Crippen LogP contribution >= 0.6 is 15.9 Å². The lowest BCUT2D eigenvalue weighted by Crippen LogP contribution is -2.24. The van der Waals surface area contributed by atoms with Gasteiger partial charge in [-0.2, -0.15) is 5.10 Å². The van der Waals surface area contributed by atoms with E-state index in [-0.39, 0.29) is 10.7 Å². The lowest BCUT2D eigenvalue weighted by Gasteiger charge is -2.10. The van der Waals surface area contributed by atoms with Gasteiger partial charge in [0.15, 0.2) is 5.82 Å². The molecule has 2 heterocycles. The van der Waals surface area contributed by atoms with Crippen molar-refractivity contribution in [2.24, 2.45) is 0 Å². The van der Waals surface area contributed by atoms with Crippen molar-refractivity contribution in [1.29, 1.82) is 0 Å². The second-order valence-corrected chi connectivity index (χ2v) is 5.61. The predicted octanol–water partition coefficient (Wildman–Crippen LogP) is 2.58. The molecule has 1 fully saturated rings. The van der Waals surface area contributed by atoms with Gasteiger partial charge in [-0.05, 0) is 5.56 Å². The van der Waals surface area contributed by atoms with Crippen LogP contribution in [0.25, 0.3) is 11.3 Å². The molecule has 0 bridgehead atoms. The molecule has 1 amide bonds. The minimum atomic E-state index is 0.114. The minimum absolute atomic E-state index is 0.114. The van der Waals surface area contributed by atoms with Gasteiger partial charge >= 0.3 is 0 Å². The quantitative estimate of drug-likeness (QED) is 0.867. The highest BCUT2D eigenvalue weighted by molar-refractivity contribution is 9.09. The zero-order valence-corrected chi connectivity index (χ0v) is 11.2. The molecule has 1 aromatic heterocycles. The highest BCUT2D eigenvalue weighted by atomic mass is 79.9. The first-order chi connectivity index (χ1) is 8.74. The SMILES string of the molecule is O=C1CC(Br)CN1c1cc(-c2ccccc2)[nH]n1. The Balaban J connectivity index is 1.88. The number of halogens is 1. The van der Waals surface area contributed by atoms with E-state index in [1.165, 1.54) is 0 Å². The monoisotopic (exact) mass is 305 g/mol. The van der Waals surface area contributed by atoms with Gasteiger partial charge in [0.2, 0.25) is 5.91 Å². The van der Waals surface area contributed by atoms with Crippen LogP contribution in [0.5, 0.6) is 0 Å². The van der Waals surface area contributed by atoms with Gasteiger partial charge in [-0.15, -0.1) is 0 Å². The third kappa shape index (κ3) is 2.06. The first kappa shape index (κ1) is 11.5. The topological polar surface area (TPSA) is 49.0 Å². The van der Waals surface area contributed by atoms with Crippen LogP contribution in [0.3, 0.4) is 0 Å².